The molecule has 2 fully saturated rings. The molecule has 0 N–H and O–H groups in total. The molecule has 0 saturated carbocycles. The molecule has 39 heavy (non-hydrogen) atoms. The fraction of sp³-hybridized carbons (Fsp3) is 0.400. The van der Waals surface area contributed by atoms with Crippen LogP contribution in [0, 0.1) is 0 Å². The number of anilines is 1. The van der Waals surface area contributed by atoms with E-state index in [1.165, 1.54) is 5.69 Å². The summed E-state index contributed by atoms with van der Waals surface area (Å²) in [6, 6.07) is 12.7. The lowest BCUT2D eigenvalue weighted by molar-refractivity contribution is 0.0332. The van der Waals surface area contributed by atoms with Gasteiger partial charge in [-0.3, -0.25) is 19.4 Å². The summed E-state index contributed by atoms with van der Waals surface area (Å²) < 4.78 is 7.48. The molecule has 2 aliphatic rings. The van der Waals surface area contributed by atoms with E-state index in [4.69, 9.17) is 4.74 Å². The van der Waals surface area contributed by atoms with Crippen molar-refractivity contribution < 1.29 is 9.53 Å². The van der Waals surface area contributed by atoms with Crippen molar-refractivity contribution in [3.05, 3.63) is 71.9 Å². The zero-order chi connectivity index (χ0) is 26.9. The molecule has 3 aromatic heterocycles. The van der Waals surface area contributed by atoms with Gasteiger partial charge < -0.3 is 14.5 Å². The second-order valence-electron chi connectivity index (χ2n) is 10.8. The molecule has 0 radical (unpaired) electrons. The number of ketones is 1. The van der Waals surface area contributed by atoms with Crippen LogP contribution in [0.15, 0.2) is 55.0 Å². The number of carbonyl (C=O) groups is 1. The predicted octanol–water partition coefficient (Wildman–Crippen LogP) is 3.04. The van der Waals surface area contributed by atoms with Crippen molar-refractivity contribution in [2.24, 2.45) is 7.05 Å². The van der Waals surface area contributed by atoms with Gasteiger partial charge >= 0.3 is 0 Å². The summed E-state index contributed by atoms with van der Waals surface area (Å²) in [6.07, 6.45) is 5.79. The summed E-state index contributed by atoms with van der Waals surface area (Å²) in [5.74, 6) is 0.908. The highest BCUT2D eigenvalue weighted by atomic mass is 16.5. The Morgan fingerprint density at radius 3 is 2.64 bits per heavy atom. The van der Waals surface area contributed by atoms with Crippen LogP contribution in [0.3, 0.4) is 0 Å². The van der Waals surface area contributed by atoms with Gasteiger partial charge in [-0.15, -0.1) is 0 Å². The smallest absolute Gasteiger partial charge is 0.169 e. The first-order valence-electron chi connectivity index (χ1n) is 13.6. The van der Waals surface area contributed by atoms with Gasteiger partial charge in [-0.1, -0.05) is 12.1 Å². The molecule has 2 saturated heterocycles. The highest BCUT2D eigenvalue weighted by molar-refractivity contribution is 5.98. The zero-order valence-electron chi connectivity index (χ0n) is 22.9. The Labute approximate surface area is 229 Å². The second-order valence-corrected chi connectivity index (χ2v) is 10.8. The number of rotatable bonds is 8. The van der Waals surface area contributed by atoms with Crippen LogP contribution in [0.2, 0.25) is 0 Å². The highest BCUT2D eigenvalue weighted by Gasteiger charge is 2.29. The maximum atomic E-state index is 13.2. The quantitative estimate of drug-likeness (QED) is 0.325. The average Bonchev–Trinajstić information content (AvgIpc) is 3.27. The molecule has 0 spiro atoms. The lowest BCUT2D eigenvalue weighted by atomic mass is 10.0. The van der Waals surface area contributed by atoms with Gasteiger partial charge in [0.1, 0.15) is 5.82 Å². The molecule has 4 aromatic rings. The van der Waals surface area contributed by atoms with Crippen molar-refractivity contribution in [1.29, 1.82) is 0 Å². The normalized spacial score (nSPS) is 16.7. The number of aromatic nitrogens is 4. The number of aryl methyl sites for hydroxylation is 1. The number of hydrogen-bond donors (Lipinski definition) is 0. The van der Waals surface area contributed by atoms with Crippen molar-refractivity contribution in [2.75, 3.05) is 58.4 Å². The number of ether oxygens (including phenoxy) is 1. The van der Waals surface area contributed by atoms with Crippen molar-refractivity contribution in [1.82, 2.24) is 29.5 Å². The van der Waals surface area contributed by atoms with Gasteiger partial charge in [-0.05, 0) is 49.3 Å². The van der Waals surface area contributed by atoms with Crippen LogP contribution in [0.4, 0.5) is 5.82 Å². The van der Waals surface area contributed by atoms with E-state index in [0.29, 0.717) is 11.6 Å². The number of nitrogens with zero attached hydrogens (tertiary/aromatic N) is 7. The number of morpholine rings is 1. The lowest BCUT2D eigenvalue weighted by Gasteiger charge is -2.43. The first kappa shape index (κ1) is 25.6. The summed E-state index contributed by atoms with van der Waals surface area (Å²) >= 11 is 0. The molecule has 202 valence electrons. The molecule has 9 heteroatoms. The van der Waals surface area contributed by atoms with E-state index in [1.807, 2.05) is 36.3 Å². The maximum absolute atomic E-state index is 13.2. The Bertz CT molecular complexity index is 1490. The molecular formula is C30H35N7O2. The van der Waals surface area contributed by atoms with E-state index in [-0.39, 0.29) is 12.2 Å². The van der Waals surface area contributed by atoms with E-state index in [9.17, 15) is 4.79 Å². The molecule has 0 bridgehead atoms. The summed E-state index contributed by atoms with van der Waals surface area (Å²) in [5.41, 5.74) is 4.87. The highest BCUT2D eigenvalue weighted by Crippen LogP contribution is 2.29. The monoisotopic (exact) mass is 525 g/mol. The number of pyridine rings is 2. The molecule has 0 amide bonds. The van der Waals surface area contributed by atoms with Crippen LogP contribution >= 0.6 is 0 Å². The number of fused-ring (bicyclic) bond motifs is 1. The Kier molecular flexibility index (Phi) is 7.12. The number of hydrogen-bond acceptors (Lipinski definition) is 8. The van der Waals surface area contributed by atoms with Gasteiger partial charge in [0, 0.05) is 80.4 Å². The van der Waals surface area contributed by atoms with Crippen LogP contribution in [0.25, 0.3) is 21.9 Å². The third-order valence-corrected chi connectivity index (χ3v) is 7.95. The fourth-order valence-corrected chi connectivity index (χ4v) is 5.31. The van der Waals surface area contributed by atoms with Crippen molar-refractivity contribution in [3.8, 4) is 11.1 Å². The molecular weight excluding hydrogens is 490 g/mol. The predicted molar refractivity (Wildman–Crippen MR) is 152 cm³/mol. The number of benzene rings is 1. The molecule has 0 unspecified atom stereocenters. The van der Waals surface area contributed by atoms with Crippen LogP contribution in [-0.2, 0) is 24.8 Å². The Hall–Kier alpha value is -3.66. The molecule has 5 heterocycles. The third-order valence-electron chi connectivity index (χ3n) is 7.95. The Balaban J connectivity index is 1.20. The van der Waals surface area contributed by atoms with Crippen LogP contribution in [0.1, 0.15) is 21.7 Å². The van der Waals surface area contributed by atoms with Gasteiger partial charge in [-0.25, -0.2) is 4.98 Å². The molecule has 2 aliphatic heterocycles. The van der Waals surface area contributed by atoms with Gasteiger partial charge in [0.2, 0.25) is 0 Å². The minimum absolute atomic E-state index is 0.0476. The van der Waals surface area contributed by atoms with Gasteiger partial charge in [-0.2, -0.15) is 5.10 Å². The van der Waals surface area contributed by atoms with E-state index in [2.05, 4.69) is 62.1 Å². The largest absolute Gasteiger partial charge is 0.379 e. The molecule has 0 atom stereocenters. The van der Waals surface area contributed by atoms with E-state index < -0.39 is 0 Å². The maximum Gasteiger partial charge on any atom is 0.169 e. The number of carbonyl (C=O) groups excluding carboxylic acids is 1. The SMILES string of the molecule is CN(C)C1CN(c2cc(C(=O)Cc3cc4cc(-c5cnn(C)c5CN5CCOCC5)ccc4cn3)ccn2)C1. The van der Waals surface area contributed by atoms with Gasteiger partial charge in [0.15, 0.2) is 5.78 Å². The first-order valence-corrected chi connectivity index (χ1v) is 13.6. The first-order chi connectivity index (χ1) is 18.9. The minimum Gasteiger partial charge on any atom is -0.379 e. The lowest BCUT2D eigenvalue weighted by Crippen LogP contribution is -2.57. The Morgan fingerprint density at radius 2 is 1.85 bits per heavy atom. The Morgan fingerprint density at radius 1 is 1.03 bits per heavy atom. The molecule has 0 aliphatic carbocycles. The topological polar surface area (TPSA) is 79.6 Å². The molecule has 6 rings (SSSR count). The van der Waals surface area contributed by atoms with Gasteiger partial charge in [0.05, 0.1) is 31.5 Å². The molecule has 9 nitrogen and oxygen atoms in total. The number of Topliss-reactive ketones (excluding diaryl/α,β-unsaturated/α-hetero) is 1. The summed E-state index contributed by atoms with van der Waals surface area (Å²) in [4.78, 5) is 29.1. The summed E-state index contributed by atoms with van der Waals surface area (Å²) in [5, 5.41) is 6.68. The average molecular weight is 526 g/mol. The fourth-order valence-electron chi connectivity index (χ4n) is 5.31. The zero-order valence-corrected chi connectivity index (χ0v) is 22.9. The number of likely N-dealkylation sites (N-methyl/N-ethyl adjacent to an activating group) is 1. The van der Waals surface area contributed by atoms with E-state index in [1.54, 1.807) is 12.3 Å². The summed E-state index contributed by atoms with van der Waals surface area (Å²) in [7, 11) is 6.19. The minimum atomic E-state index is 0.0476. The van der Waals surface area contributed by atoms with Crippen molar-refractivity contribution >= 4 is 22.4 Å². The van der Waals surface area contributed by atoms with E-state index >= 15 is 0 Å². The van der Waals surface area contributed by atoms with Crippen LogP contribution in [0.5, 0.6) is 0 Å². The third kappa shape index (κ3) is 5.43. The van der Waals surface area contributed by atoms with Crippen LogP contribution < -0.4 is 4.90 Å². The van der Waals surface area contributed by atoms with Crippen molar-refractivity contribution in [3.63, 3.8) is 0 Å². The van der Waals surface area contributed by atoms with Crippen molar-refractivity contribution in [2.45, 2.75) is 19.0 Å². The van der Waals surface area contributed by atoms with E-state index in [0.717, 1.165) is 79.3 Å². The van der Waals surface area contributed by atoms with Gasteiger partial charge in [0.25, 0.3) is 0 Å². The summed E-state index contributed by atoms with van der Waals surface area (Å²) in [6.45, 7) is 6.10. The van der Waals surface area contributed by atoms with Crippen LogP contribution in [-0.4, -0.2) is 94.9 Å². The second kappa shape index (κ2) is 10.8. The molecule has 1 aromatic carbocycles. The standard InChI is InChI=1S/C30H35N7O2/c1-34(2)26-18-37(19-26)30-14-22(6-7-31-30)29(38)15-25-13-24-12-21(4-5-23(24)16-32-25)27-17-33-35(3)28(27)20-36-8-10-39-11-9-36/h4-7,12-14,16-17,26H,8-11,15,18-20H2,1-3H3.